The first-order chi connectivity index (χ1) is 15.3. The summed E-state index contributed by atoms with van der Waals surface area (Å²) in [4.78, 5) is 8.92. The standard InChI is InChI=1S/C24H18F3N5/c1-13-11-14(2)20-19(12-13)31-32-23(20)30-22-16-8-4-6-10-18(16)28-21(29-22)15-7-3-5-9-17(15)24(25,26)27/h3-12H,1-2H3,(H2,28,29,30,31,32). The van der Waals surface area contributed by atoms with E-state index in [1.807, 2.05) is 38.1 Å². The van der Waals surface area contributed by atoms with Gasteiger partial charge in [0.15, 0.2) is 11.6 Å². The van der Waals surface area contributed by atoms with Gasteiger partial charge < -0.3 is 5.32 Å². The number of aromatic amines is 1. The number of para-hydroxylation sites is 1. The number of alkyl halides is 3. The third-order valence-corrected chi connectivity index (χ3v) is 5.32. The molecule has 0 saturated heterocycles. The van der Waals surface area contributed by atoms with E-state index in [0.717, 1.165) is 28.1 Å². The van der Waals surface area contributed by atoms with Crippen molar-refractivity contribution in [2.75, 3.05) is 5.32 Å². The maximum atomic E-state index is 13.6. The highest BCUT2D eigenvalue weighted by Gasteiger charge is 2.34. The average Bonchev–Trinajstić information content (AvgIpc) is 3.15. The Hall–Kier alpha value is -3.94. The molecule has 5 nitrogen and oxygen atoms in total. The third kappa shape index (κ3) is 3.43. The minimum Gasteiger partial charge on any atom is -0.322 e. The van der Waals surface area contributed by atoms with Crippen LogP contribution in [0.25, 0.3) is 33.2 Å². The van der Waals surface area contributed by atoms with Crippen molar-refractivity contribution in [3.63, 3.8) is 0 Å². The van der Waals surface area contributed by atoms with E-state index in [2.05, 4.69) is 25.5 Å². The zero-order valence-electron chi connectivity index (χ0n) is 17.2. The van der Waals surface area contributed by atoms with Crippen molar-refractivity contribution in [2.24, 2.45) is 0 Å². The summed E-state index contributed by atoms with van der Waals surface area (Å²) in [7, 11) is 0. The lowest BCUT2D eigenvalue weighted by atomic mass is 10.1. The lowest BCUT2D eigenvalue weighted by Crippen LogP contribution is -2.08. The van der Waals surface area contributed by atoms with Gasteiger partial charge in [-0.2, -0.15) is 18.3 Å². The van der Waals surface area contributed by atoms with Gasteiger partial charge in [-0.15, -0.1) is 0 Å². The lowest BCUT2D eigenvalue weighted by molar-refractivity contribution is -0.137. The number of nitrogens with zero attached hydrogens (tertiary/aromatic N) is 3. The van der Waals surface area contributed by atoms with Crippen molar-refractivity contribution in [3.8, 4) is 11.4 Å². The molecular weight excluding hydrogens is 415 g/mol. The second kappa shape index (κ2) is 7.33. The van der Waals surface area contributed by atoms with Gasteiger partial charge in [0, 0.05) is 16.3 Å². The average molecular weight is 433 g/mol. The number of halogens is 3. The fourth-order valence-electron chi connectivity index (χ4n) is 3.96. The highest BCUT2D eigenvalue weighted by molar-refractivity contribution is 5.98. The molecule has 3 aromatic carbocycles. The number of hydrogen-bond acceptors (Lipinski definition) is 4. The second-order valence-corrected chi connectivity index (χ2v) is 7.66. The summed E-state index contributed by atoms with van der Waals surface area (Å²) in [6.07, 6.45) is -4.52. The maximum Gasteiger partial charge on any atom is 0.417 e. The Kier molecular flexibility index (Phi) is 4.58. The predicted molar refractivity (Wildman–Crippen MR) is 119 cm³/mol. The molecule has 2 N–H and O–H groups in total. The van der Waals surface area contributed by atoms with Crippen LogP contribution in [0.1, 0.15) is 16.7 Å². The van der Waals surface area contributed by atoms with Gasteiger partial charge in [0.05, 0.1) is 16.6 Å². The molecule has 0 atom stereocenters. The zero-order valence-corrected chi connectivity index (χ0v) is 17.2. The molecular formula is C24H18F3N5. The minimum absolute atomic E-state index is 0.00784. The first-order valence-corrected chi connectivity index (χ1v) is 9.97. The summed E-state index contributed by atoms with van der Waals surface area (Å²) >= 11 is 0. The summed E-state index contributed by atoms with van der Waals surface area (Å²) < 4.78 is 40.9. The summed E-state index contributed by atoms with van der Waals surface area (Å²) in [6.45, 7) is 3.99. The number of nitrogens with one attached hydrogen (secondary N) is 2. The van der Waals surface area contributed by atoms with Crippen molar-refractivity contribution < 1.29 is 13.2 Å². The van der Waals surface area contributed by atoms with Crippen LogP contribution in [0.2, 0.25) is 0 Å². The van der Waals surface area contributed by atoms with Crippen molar-refractivity contribution in [3.05, 3.63) is 77.4 Å². The van der Waals surface area contributed by atoms with E-state index >= 15 is 0 Å². The SMILES string of the molecule is Cc1cc(C)c2c(Nc3nc(-c4ccccc4C(F)(F)F)nc4ccccc34)n[nH]c2c1. The molecule has 0 fully saturated rings. The quantitative estimate of drug-likeness (QED) is 0.338. The van der Waals surface area contributed by atoms with Crippen LogP contribution in [0.3, 0.4) is 0 Å². The van der Waals surface area contributed by atoms with E-state index in [4.69, 9.17) is 0 Å². The van der Waals surface area contributed by atoms with E-state index in [-0.39, 0.29) is 11.4 Å². The minimum atomic E-state index is -4.52. The van der Waals surface area contributed by atoms with Crippen LogP contribution in [0, 0.1) is 13.8 Å². The lowest BCUT2D eigenvalue weighted by Gasteiger charge is -2.14. The molecule has 8 heteroatoms. The molecule has 0 radical (unpaired) electrons. The van der Waals surface area contributed by atoms with Gasteiger partial charge in [-0.05, 0) is 49.2 Å². The molecule has 0 unspecified atom stereocenters. The van der Waals surface area contributed by atoms with E-state index in [0.29, 0.717) is 22.5 Å². The maximum absolute atomic E-state index is 13.6. The molecule has 0 saturated carbocycles. The fraction of sp³-hybridized carbons (Fsp3) is 0.125. The molecule has 0 amide bonds. The molecule has 5 aromatic rings. The number of H-pyrrole nitrogens is 1. The predicted octanol–water partition coefficient (Wildman–Crippen LogP) is 6.55. The molecule has 0 bridgehead atoms. The number of anilines is 2. The number of rotatable bonds is 3. The van der Waals surface area contributed by atoms with Gasteiger partial charge in [-0.3, -0.25) is 5.10 Å². The van der Waals surface area contributed by atoms with E-state index in [1.54, 1.807) is 18.2 Å². The van der Waals surface area contributed by atoms with E-state index in [1.165, 1.54) is 12.1 Å². The molecule has 0 spiro atoms. The fourth-order valence-corrected chi connectivity index (χ4v) is 3.96. The molecule has 2 heterocycles. The number of aryl methyl sites for hydroxylation is 2. The van der Waals surface area contributed by atoms with Crippen LogP contribution in [0.5, 0.6) is 0 Å². The molecule has 0 aliphatic rings. The molecule has 32 heavy (non-hydrogen) atoms. The number of aromatic nitrogens is 4. The molecule has 2 aromatic heterocycles. The summed E-state index contributed by atoms with van der Waals surface area (Å²) in [6, 6.07) is 16.5. The van der Waals surface area contributed by atoms with Crippen molar-refractivity contribution in [2.45, 2.75) is 20.0 Å². The van der Waals surface area contributed by atoms with Crippen LogP contribution < -0.4 is 5.32 Å². The van der Waals surface area contributed by atoms with Crippen LogP contribution in [-0.2, 0) is 6.18 Å². The monoisotopic (exact) mass is 433 g/mol. The Morgan fingerprint density at radius 2 is 1.62 bits per heavy atom. The van der Waals surface area contributed by atoms with E-state index in [9.17, 15) is 13.2 Å². The number of fused-ring (bicyclic) bond motifs is 2. The largest absolute Gasteiger partial charge is 0.417 e. The first kappa shape index (κ1) is 20.0. The van der Waals surface area contributed by atoms with Crippen LogP contribution >= 0.6 is 0 Å². The summed E-state index contributed by atoms with van der Waals surface area (Å²) in [5.41, 5.74) is 2.67. The van der Waals surface area contributed by atoms with Gasteiger partial charge in [0.2, 0.25) is 0 Å². The van der Waals surface area contributed by atoms with Gasteiger partial charge >= 0.3 is 6.18 Å². The van der Waals surface area contributed by atoms with Gasteiger partial charge in [0.1, 0.15) is 5.82 Å². The Morgan fingerprint density at radius 1 is 0.875 bits per heavy atom. The van der Waals surface area contributed by atoms with Crippen LogP contribution in [0.15, 0.2) is 60.7 Å². The molecule has 0 aliphatic heterocycles. The summed E-state index contributed by atoms with van der Waals surface area (Å²) in [5, 5.41) is 12.2. The number of benzene rings is 3. The highest BCUT2D eigenvalue weighted by Crippen LogP contribution is 2.37. The normalized spacial score (nSPS) is 11.9. The number of hydrogen-bond donors (Lipinski definition) is 2. The van der Waals surface area contributed by atoms with Crippen molar-refractivity contribution in [1.29, 1.82) is 0 Å². The topological polar surface area (TPSA) is 66.5 Å². The van der Waals surface area contributed by atoms with Gasteiger partial charge in [-0.1, -0.05) is 36.4 Å². The van der Waals surface area contributed by atoms with Crippen LogP contribution in [-0.4, -0.2) is 20.2 Å². The molecule has 160 valence electrons. The van der Waals surface area contributed by atoms with Crippen LogP contribution in [0.4, 0.5) is 24.8 Å². The van der Waals surface area contributed by atoms with Gasteiger partial charge in [-0.25, -0.2) is 9.97 Å². The van der Waals surface area contributed by atoms with Crippen molar-refractivity contribution >= 4 is 33.4 Å². The smallest absolute Gasteiger partial charge is 0.322 e. The van der Waals surface area contributed by atoms with E-state index < -0.39 is 11.7 Å². The Bertz CT molecular complexity index is 1470. The first-order valence-electron chi connectivity index (χ1n) is 9.97. The zero-order chi connectivity index (χ0) is 22.5. The third-order valence-electron chi connectivity index (χ3n) is 5.32. The Labute approximate surface area is 181 Å². The highest BCUT2D eigenvalue weighted by atomic mass is 19.4. The Balaban J connectivity index is 1.70. The molecule has 0 aliphatic carbocycles. The second-order valence-electron chi connectivity index (χ2n) is 7.66. The van der Waals surface area contributed by atoms with Crippen molar-refractivity contribution in [1.82, 2.24) is 20.2 Å². The molecule has 5 rings (SSSR count). The Morgan fingerprint density at radius 3 is 2.44 bits per heavy atom. The van der Waals surface area contributed by atoms with Gasteiger partial charge in [0.25, 0.3) is 0 Å². The summed E-state index contributed by atoms with van der Waals surface area (Å²) in [5.74, 6) is 0.930.